The molecule has 0 bridgehead atoms. The highest BCUT2D eigenvalue weighted by molar-refractivity contribution is 5.47. The molecule has 1 atom stereocenters. The third-order valence-corrected chi connectivity index (χ3v) is 2.71. The highest BCUT2D eigenvalue weighted by atomic mass is 19.1. The van der Waals surface area contributed by atoms with E-state index in [0.29, 0.717) is 6.04 Å². The summed E-state index contributed by atoms with van der Waals surface area (Å²) in [4.78, 5) is 2.33. The Labute approximate surface area is 78.2 Å². The van der Waals surface area contributed by atoms with Gasteiger partial charge in [0.25, 0.3) is 0 Å². The van der Waals surface area contributed by atoms with Crippen molar-refractivity contribution in [2.75, 3.05) is 11.4 Å². The zero-order valence-electron chi connectivity index (χ0n) is 7.83. The van der Waals surface area contributed by atoms with Crippen LogP contribution in [-0.2, 0) is 0 Å². The molecule has 1 unspecified atom stereocenters. The van der Waals surface area contributed by atoms with Gasteiger partial charge in [-0.15, -0.1) is 0 Å². The lowest BCUT2D eigenvalue weighted by Gasteiger charge is -2.23. The minimum Gasteiger partial charge on any atom is -0.369 e. The highest BCUT2D eigenvalue weighted by Gasteiger charge is 2.19. The number of hydrogen-bond acceptors (Lipinski definition) is 1. The Bertz CT molecular complexity index is 281. The minimum absolute atomic E-state index is 0.157. The molecule has 0 saturated carbocycles. The molecule has 2 heteroatoms. The lowest BCUT2D eigenvalue weighted by molar-refractivity contribution is 0.627. The Kier molecular flexibility index (Phi) is 2.21. The molecule has 70 valence electrons. The van der Waals surface area contributed by atoms with Gasteiger partial charge in [-0.1, -0.05) is 0 Å². The molecular weight excluding hydrogens is 165 g/mol. The zero-order valence-corrected chi connectivity index (χ0v) is 7.83. The summed E-state index contributed by atoms with van der Waals surface area (Å²) in [7, 11) is 0. The summed E-state index contributed by atoms with van der Waals surface area (Å²) < 4.78 is 12.7. The topological polar surface area (TPSA) is 3.24 Å². The van der Waals surface area contributed by atoms with Gasteiger partial charge in [0.1, 0.15) is 5.82 Å². The number of halogens is 1. The van der Waals surface area contributed by atoms with Crippen LogP contribution in [0.4, 0.5) is 10.1 Å². The second-order valence-electron chi connectivity index (χ2n) is 3.66. The first kappa shape index (κ1) is 8.54. The number of anilines is 1. The molecule has 1 nitrogen and oxygen atoms in total. The predicted molar refractivity (Wildman–Crippen MR) is 52.4 cm³/mol. The van der Waals surface area contributed by atoms with E-state index < -0.39 is 0 Å². The van der Waals surface area contributed by atoms with Gasteiger partial charge in [-0.25, -0.2) is 4.39 Å². The van der Waals surface area contributed by atoms with E-state index in [-0.39, 0.29) is 5.82 Å². The Morgan fingerprint density at radius 1 is 1.31 bits per heavy atom. The second kappa shape index (κ2) is 3.36. The van der Waals surface area contributed by atoms with E-state index in [9.17, 15) is 4.39 Å². The fourth-order valence-corrected chi connectivity index (χ4v) is 1.95. The van der Waals surface area contributed by atoms with Gasteiger partial charge in [-0.2, -0.15) is 0 Å². The average molecular weight is 179 g/mol. The van der Waals surface area contributed by atoms with Crippen molar-refractivity contribution in [2.24, 2.45) is 0 Å². The fraction of sp³-hybridized carbons (Fsp3) is 0.455. The first-order valence-corrected chi connectivity index (χ1v) is 4.79. The van der Waals surface area contributed by atoms with Crippen molar-refractivity contribution in [1.82, 2.24) is 0 Å². The molecule has 13 heavy (non-hydrogen) atoms. The van der Waals surface area contributed by atoms with E-state index in [1.165, 1.54) is 25.0 Å². The molecule has 1 fully saturated rings. The monoisotopic (exact) mass is 179 g/mol. The van der Waals surface area contributed by atoms with Gasteiger partial charge in [0.15, 0.2) is 0 Å². The maximum Gasteiger partial charge on any atom is 0.123 e. The van der Waals surface area contributed by atoms with Gasteiger partial charge >= 0.3 is 0 Å². The Balaban J connectivity index is 2.20. The van der Waals surface area contributed by atoms with Gasteiger partial charge < -0.3 is 4.90 Å². The van der Waals surface area contributed by atoms with Crippen molar-refractivity contribution in [3.05, 3.63) is 30.1 Å². The number of nitrogens with zero attached hydrogens (tertiary/aromatic N) is 1. The van der Waals surface area contributed by atoms with Crippen LogP contribution >= 0.6 is 0 Å². The van der Waals surface area contributed by atoms with Gasteiger partial charge in [0.05, 0.1) is 0 Å². The van der Waals surface area contributed by atoms with E-state index in [2.05, 4.69) is 11.8 Å². The molecule has 0 N–H and O–H groups in total. The van der Waals surface area contributed by atoms with E-state index in [0.717, 1.165) is 12.2 Å². The average Bonchev–Trinajstić information content (AvgIpc) is 2.53. The van der Waals surface area contributed by atoms with Crippen LogP contribution in [0.1, 0.15) is 19.8 Å². The molecule has 1 aliphatic heterocycles. The fourth-order valence-electron chi connectivity index (χ4n) is 1.95. The molecule has 0 spiro atoms. The lowest BCUT2D eigenvalue weighted by Crippen LogP contribution is -2.25. The lowest BCUT2D eigenvalue weighted by atomic mass is 10.2. The molecule has 1 aliphatic rings. The summed E-state index contributed by atoms with van der Waals surface area (Å²) in [6, 6.07) is 7.38. The molecule has 0 aromatic heterocycles. The van der Waals surface area contributed by atoms with Gasteiger partial charge in [0.2, 0.25) is 0 Å². The molecule has 1 aromatic rings. The van der Waals surface area contributed by atoms with Crippen molar-refractivity contribution >= 4 is 5.69 Å². The number of hydrogen-bond donors (Lipinski definition) is 0. The number of benzene rings is 1. The van der Waals surface area contributed by atoms with Crippen molar-refractivity contribution in [2.45, 2.75) is 25.8 Å². The van der Waals surface area contributed by atoms with Gasteiger partial charge in [-0.05, 0) is 44.0 Å². The molecule has 1 saturated heterocycles. The molecule has 1 aromatic carbocycles. The third kappa shape index (κ3) is 1.67. The maximum atomic E-state index is 12.7. The van der Waals surface area contributed by atoms with Crippen LogP contribution in [0.25, 0.3) is 0 Å². The predicted octanol–water partition coefficient (Wildman–Crippen LogP) is 2.81. The first-order valence-electron chi connectivity index (χ1n) is 4.79. The summed E-state index contributed by atoms with van der Waals surface area (Å²) >= 11 is 0. The Morgan fingerprint density at radius 3 is 2.54 bits per heavy atom. The molecule has 2 rings (SSSR count). The number of rotatable bonds is 1. The van der Waals surface area contributed by atoms with Crippen LogP contribution in [0.5, 0.6) is 0 Å². The molecular formula is C11H14FN. The first-order chi connectivity index (χ1) is 6.27. The van der Waals surface area contributed by atoms with Crippen molar-refractivity contribution in [3.8, 4) is 0 Å². The normalized spacial score (nSPS) is 22.3. The second-order valence-corrected chi connectivity index (χ2v) is 3.66. The van der Waals surface area contributed by atoms with E-state index in [4.69, 9.17) is 0 Å². The van der Waals surface area contributed by atoms with Gasteiger partial charge in [-0.3, -0.25) is 0 Å². The molecule has 1 heterocycles. The zero-order chi connectivity index (χ0) is 9.26. The smallest absolute Gasteiger partial charge is 0.123 e. The van der Waals surface area contributed by atoms with Crippen LogP contribution in [0, 0.1) is 5.82 Å². The van der Waals surface area contributed by atoms with Crippen LogP contribution in [0.15, 0.2) is 24.3 Å². The van der Waals surface area contributed by atoms with Crippen molar-refractivity contribution < 1.29 is 4.39 Å². The van der Waals surface area contributed by atoms with E-state index in [1.807, 2.05) is 12.1 Å². The summed E-state index contributed by atoms with van der Waals surface area (Å²) in [5.74, 6) is -0.157. The molecule has 0 radical (unpaired) electrons. The van der Waals surface area contributed by atoms with Crippen LogP contribution < -0.4 is 4.90 Å². The largest absolute Gasteiger partial charge is 0.369 e. The van der Waals surface area contributed by atoms with Crippen molar-refractivity contribution in [3.63, 3.8) is 0 Å². The van der Waals surface area contributed by atoms with E-state index >= 15 is 0 Å². The highest BCUT2D eigenvalue weighted by Crippen LogP contribution is 2.24. The van der Waals surface area contributed by atoms with Crippen LogP contribution in [0.2, 0.25) is 0 Å². The quantitative estimate of drug-likeness (QED) is 0.640. The van der Waals surface area contributed by atoms with Gasteiger partial charge in [0, 0.05) is 18.3 Å². The molecule has 0 amide bonds. The minimum atomic E-state index is -0.157. The Hall–Kier alpha value is -1.05. The molecule has 0 aliphatic carbocycles. The third-order valence-electron chi connectivity index (χ3n) is 2.71. The summed E-state index contributed by atoms with van der Waals surface area (Å²) in [6.45, 7) is 3.32. The van der Waals surface area contributed by atoms with E-state index in [1.54, 1.807) is 0 Å². The van der Waals surface area contributed by atoms with Crippen LogP contribution in [0.3, 0.4) is 0 Å². The van der Waals surface area contributed by atoms with Crippen LogP contribution in [-0.4, -0.2) is 12.6 Å². The standard InChI is InChI=1S/C11H14FN/c1-9-3-2-8-13(9)11-6-4-10(12)5-7-11/h4-7,9H,2-3,8H2,1H3. The Morgan fingerprint density at radius 2 is 2.00 bits per heavy atom. The summed E-state index contributed by atoms with van der Waals surface area (Å²) in [5.41, 5.74) is 1.14. The SMILES string of the molecule is CC1CCCN1c1ccc(F)cc1. The van der Waals surface area contributed by atoms with Crippen molar-refractivity contribution in [1.29, 1.82) is 0 Å². The summed E-state index contributed by atoms with van der Waals surface area (Å²) in [5, 5.41) is 0. The summed E-state index contributed by atoms with van der Waals surface area (Å²) in [6.07, 6.45) is 2.50. The maximum absolute atomic E-state index is 12.7.